The number of nitrogens with zero attached hydrogens (tertiary/aromatic N) is 1. The fraction of sp³-hybridized carbons (Fsp3) is 0.143. The molecule has 0 aliphatic carbocycles. The topological polar surface area (TPSA) is 100 Å². The van der Waals surface area contributed by atoms with Crippen molar-refractivity contribution in [3.8, 4) is 0 Å². The average molecular weight is 445 g/mol. The summed E-state index contributed by atoms with van der Waals surface area (Å²) in [6.45, 7) is 3.89. The van der Waals surface area contributed by atoms with Gasteiger partial charge in [-0.3, -0.25) is 9.71 Å². The van der Waals surface area contributed by atoms with E-state index in [-0.39, 0.29) is 4.90 Å². The molecule has 0 spiro atoms. The lowest BCUT2D eigenvalue weighted by molar-refractivity contribution is 0.251. The van der Waals surface area contributed by atoms with Gasteiger partial charge in [-0.15, -0.1) is 0 Å². The molecule has 7 nitrogen and oxygen atoms in total. The number of amides is 2. The molecule has 0 unspecified atom stereocenters. The maximum Gasteiger partial charge on any atom is 0.319 e. The van der Waals surface area contributed by atoms with Gasteiger partial charge in [-0.2, -0.15) is 0 Å². The smallest absolute Gasteiger partial charge is 0.319 e. The largest absolute Gasteiger partial charge is 0.334 e. The Morgan fingerprint density at radius 1 is 1.07 bits per heavy atom. The van der Waals surface area contributed by atoms with Crippen molar-refractivity contribution in [1.29, 1.82) is 0 Å². The van der Waals surface area contributed by atoms with E-state index in [9.17, 15) is 13.2 Å². The number of rotatable bonds is 6. The van der Waals surface area contributed by atoms with E-state index in [4.69, 9.17) is 11.6 Å². The van der Waals surface area contributed by atoms with Crippen molar-refractivity contribution in [2.24, 2.45) is 0 Å². The van der Waals surface area contributed by atoms with E-state index in [0.717, 1.165) is 11.1 Å². The summed E-state index contributed by atoms with van der Waals surface area (Å²) in [5, 5.41) is 5.85. The Bertz CT molecular complexity index is 1150. The van der Waals surface area contributed by atoms with Gasteiger partial charge in [-0.25, -0.2) is 13.2 Å². The lowest BCUT2D eigenvalue weighted by Crippen LogP contribution is -2.28. The van der Waals surface area contributed by atoms with E-state index < -0.39 is 16.1 Å². The molecule has 1 aromatic heterocycles. The lowest BCUT2D eigenvalue weighted by atomic mass is 10.1. The number of hydrogen-bond acceptors (Lipinski definition) is 4. The highest BCUT2D eigenvalue weighted by atomic mass is 35.5. The van der Waals surface area contributed by atoms with Crippen LogP contribution in [-0.2, 0) is 16.6 Å². The molecule has 3 N–H and O–H groups in total. The second-order valence-corrected chi connectivity index (χ2v) is 8.75. The van der Waals surface area contributed by atoms with Crippen molar-refractivity contribution in [3.63, 3.8) is 0 Å². The molecule has 3 aromatic rings. The van der Waals surface area contributed by atoms with Crippen LogP contribution in [0.1, 0.15) is 16.7 Å². The molecule has 9 heteroatoms. The quantitative estimate of drug-likeness (QED) is 0.522. The number of benzene rings is 2. The average Bonchev–Trinajstić information content (AvgIpc) is 2.74. The van der Waals surface area contributed by atoms with E-state index in [1.165, 1.54) is 24.3 Å². The number of aromatic nitrogens is 1. The van der Waals surface area contributed by atoms with Crippen LogP contribution in [0.15, 0.2) is 65.8 Å². The number of pyridine rings is 1. The summed E-state index contributed by atoms with van der Waals surface area (Å²) < 4.78 is 28.1. The molecule has 30 heavy (non-hydrogen) atoms. The highest BCUT2D eigenvalue weighted by Crippen LogP contribution is 2.29. The Balaban J connectivity index is 1.66. The normalized spacial score (nSPS) is 11.0. The highest BCUT2D eigenvalue weighted by Gasteiger charge is 2.17. The van der Waals surface area contributed by atoms with Gasteiger partial charge >= 0.3 is 6.03 Å². The maximum absolute atomic E-state index is 12.8. The molecule has 2 aromatic carbocycles. The van der Waals surface area contributed by atoms with Crippen molar-refractivity contribution in [1.82, 2.24) is 10.3 Å². The Labute approximate surface area is 180 Å². The fourth-order valence-electron chi connectivity index (χ4n) is 2.75. The third kappa shape index (κ3) is 5.28. The van der Waals surface area contributed by atoms with Gasteiger partial charge in [0.1, 0.15) is 0 Å². The molecule has 0 saturated heterocycles. The van der Waals surface area contributed by atoms with Crippen molar-refractivity contribution in [2.75, 3.05) is 10.0 Å². The first kappa shape index (κ1) is 21.6. The summed E-state index contributed by atoms with van der Waals surface area (Å²) >= 11 is 6.11. The Hall–Kier alpha value is -3.10. The number of anilines is 2. The van der Waals surface area contributed by atoms with Crippen LogP contribution < -0.4 is 15.4 Å². The number of urea groups is 1. The number of halogens is 1. The van der Waals surface area contributed by atoms with Gasteiger partial charge in [0.15, 0.2) is 0 Å². The number of aryl methyl sites for hydroxylation is 1. The molecule has 2 amide bonds. The monoisotopic (exact) mass is 444 g/mol. The van der Waals surface area contributed by atoms with Gasteiger partial charge < -0.3 is 10.6 Å². The molecule has 0 saturated carbocycles. The molecular weight excluding hydrogens is 424 g/mol. The number of carbonyl (C=O) groups is 1. The first-order chi connectivity index (χ1) is 14.3. The molecule has 1 heterocycles. The fourth-order valence-corrected chi connectivity index (χ4v) is 4.10. The van der Waals surface area contributed by atoms with E-state index >= 15 is 0 Å². The summed E-state index contributed by atoms with van der Waals surface area (Å²) in [5.41, 5.74) is 3.21. The summed E-state index contributed by atoms with van der Waals surface area (Å²) in [4.78, 5) is 16.1. The van der Waals surface area contributed by atoms with Crippen LogP contribution in [0.5, 0.6) is 0 Å². The number of nitrogens with one attached hydrogen (secondary N) is 3. The summed E-state index contributed by atoms with van der Waals surface area (Å²) in [7, 11) is -3.81. The van der Waals surface area contributed by atoms with Crippen molar-refractivity contribution < 1.29 is 13.2 Å². The van der Waals surface area contributed by atoms with Crippen LogP contribution in [0.25, 0.3) is 0 Å². The second-order valence-electron chi connectivity index (χ2n) is 6.66. The number of sulfonamides is 1. The van der Waals surface area contributed by atoms with Crippen molar-refractivity contribution >= 4 is 39.0 Å². The standard InChI is InChI=1S/C21H21ClN4O3S/c1-14-5-10-19(22)15(2)20(14)26-30(28,29)18-8-6-17(7-9-18)25-21(27)24-13-16-4-3-11-23-12-16/h3-12,26H,13H2,1-2H3,(H2,24,25,27). The van der Waals surface area contributed by atoms with Crippen LogP contribution in [0, 0.1) is 13.8 Å². The first-order valence-corrected chi connectivity index (χ1v) is 10.9. The zero-order chi connectivity index (χ0) is 21.7. The minimum absolute atomic E-state index is 0.0718. The van der Waals surface area contributed by atoms with Gasteiger partial charge in [0.05, 0.1) is 10.6 Å². The van der Waals surface area contributed by atoms with Crippen LogP contribution >= 0.6 is 11.6 Å². The number of hydrogen-bond donors (Lipinski definition) is 3. The zero-order valence-electron chi connectivity index (χ0n) is 16.4. The van der Waals surface area contributed by atoms with Crippen LogP contribution in [0.3, 0.4) is 0 Å². The zero-order valence-corrected chi connectivity index (χ0v) is 18.0. The summed E-state index contributed by atoms with van der Waals surface area (Å²) in [6, 6.07) is 12.6. The third-order valence-electron chi connectivity index (χ3n) is 4.44. The van der Waals surface area contributed by atoms with Crippen LogP contribution in [0.4, 0.5) is 16.2 Å². The second kappa shape index (κ2) is 9.15. The van der Waals surface area contributed by atoms with E-state index in [1.807, 2.05) is 6.07 Å². The first-order valence-electron chi connectivity index (χ1n) is 9.08. The molecular formula is C21H21ClN4O3S. The van der Waals surface area contributed by atoms with Gasteiger partial charge in [-0.05, 0) is 66.9 Å². The number of carbonyl (C=O) groups excluding carboxylic acids is 1. The minimum atomic E-state index is -3.81. The lowest BCUT2D eigenvalue weighted by Gasteiger charge is -2.14. The highest BCUT2D eigenvalue weighted by molar-refractivity contribution is 7.92. The van der Waals surface area contributed by atoms with Gasteiger partial charge in [0, 0.05) is 29.6 Å². The molecule has 0 fully saturated rings. The van der Waals surface area contributed by atoms with E-state index in [1.54, 1.807) is 44.4 Å². The molecule has 0 atom stereocenters. The molecule has 0 aliphatic heterocycles. The van der Waals surface area contributed by atoms with Gasteiger partial charge in [-0.1, -0.05) is 23.7 Å². The SMILES string of the molecule is Cc1ccc(Cl)c(C)c1NS(=O)(=O)c1ccc(NC(=O)NCc2cccnc2)cc1. The maximum atomic E-state index is 12.8. The Kier molecular flexibility index (Phi) is 6.59. The van der Waals surface area contributed by atoms with Gasteiger partial charge in [0.25, 0.3) is 10.0 Å². The molecule has 0 bridgehead atoms. The molecule has 0 radical (unpaired) electrons. The summed E-state index contributed by atoms with van der Waals surface area (Å²) in [5.74, 6) is 0. The molecule has 0 aliphatic rings. The van der Waals surface area contributed by atoms with Crippen molar-refractivity contribution in [3.05, 3.63) is 82.6 Å². The predicted octanol–water partition coefficient (Wildman–Crippen LogP) is 4.47. The predicted molar refractivity (Wildman–Crippen MR) is 118 cm³/mol. The Morgan fingerprint density at radius 3 is 2.47 bits per heavy atom. The summed E-state index contributed by atoms with van der Waals surface area (Å²) in [6.07, 6.45) is 3.32. The van der Waals surface area contributed by atoms with E-state index in [2.05, 4.69) is 20.3 Å². The van der Waals surface area contributed by atoms with Crippen molar-refractivity contribution in [2.45, 2.75) is 25.3 Å². The Morgan fingerprint density at radius 2 is 1.80 bits per heavy atom. The van der Waals surface area contributed by atoms with Gasteiger partial charge in [0.2, 0.25) is 0 Å². The van der Waals surface area contributed by atoms with E-state index in [0.29, 0.717) is 28.5 Å². The third-order valence-corrected chi connectivity index (χ3v) is 6.22. The van der Waals surface area contributed by atoms with Crippen LogP contribution in [0.2, 0.25) is 5.02 Å². The molecule has 3 rings (SSSR count). The van der Waals surface area contributed by atoms with Crippen LogP contribution in [-0.4, -0.2) is 19.4 Å². The minimum Gasteiger partial charge on any atom is -0.334 e. The molecule has 156 valence electrons.